The SMILES string of the molecule is Fc1ccc(-n2c(C3CCOCC3)c(CC3CCC3)c3cc4[nH]ncc4cc32)cc1.O=CO. The van der Waals surface area contributed by atoms with Gasteiger partial charge in [-0.2, -0.15) is 5.10 Å². The van der Waals surface area contributed by atoms with E-state index in [1.54, 1.807) is 12.1 Å². The first kappa shape index (κ1) is 21.6. The van der Waals surface area contributed by atoms with Crippen LogP contribution in [-0.4, -0.2) is 39.6 Å². The zero-order chi connectivity index (χ0) is 22.8. The van der Waals surface area contributed by atoms with Crippen LogP contribution in [0, 0.1) is 11.7 Å². The van der Waals surface area contributed by atoms with E-state index in [1.165, 1.54) is 41.4 Å². The maximum atomic E-state index is 13.7. The monoisotopic (exact) mass is 449 g/mol. The van der Waals surface area contributed by atoms with Gasteiger partial charge in [-0.15, -0.1) is 0 Å². The number of H-pyrrole nitrogens is 1. The molecule has 6 rings (SSSR count). The van der Waals surface area contributed by atoms with Gasteiger partial charge in [-0.05, 0) is 67.1 Å². The summed E-state index contributed by atoms with van der Waals surface area (Å²) >= 11 is 0. The molecule has 1 saturated heterocycles. The first-order valence-corrected chi connectivity index (χ1v) is 11.6. The fraction of sp³-hybridized carbons (Fsp3) is 0.385. The van der Waals surface area contributed by atoms with Crippen molar-refractivity contribution in [2.24, 2.45) is 5.92 Å². The molecule has 3 heterocycles. The molecule has 2 aromatic heterocycles. The van der Waals surface area contributed by atoms with Crippen molar-refractivity contribution in [1.29, 1.82) is 0 Å². The number of fused-ring (bicyclic) bond motifs is 2. The number of aromatic amines is 1. The van der Waals surface area contributed by atoms with Crippen molar-refractivity contribution < 1.29 is 19.0 Å². The summed E-state index contributed by atoms with van der Waals surface area (Å²) in [7, 11) is 0. The number of benzene rings is 2. The largest absolute Gasteiger partial charge is 0.483 e. The summed E-state index contributed by atoms with van der Waals surface area (Å²) < 4.78 is 21.8. The van der Waals surface area contributed by atoms with E-state index in [0.717, 1.165) is 55.0 Å². The van der Waals surface area contributed by atoms with Crippen LogP contribution in [0.1, 0.15) is 49.3 Å². The minimum Gasteiger partial charge on any atom is -0.483 e. The van der Waals surface area contributed by atoms with Crippen molar-refractivity contribution >= 4 is 28.3 Å². The fourth-order valence-corrected chi connectivity index (χ4v) is 5.28. The molecule has 7 heteroatoms. The van der Waals surface area contributed by atoms with Crippen LogP contribution in [0.3, 0.4) is 0 Å². The summed E-state index contributed by atoms with van der Waals surface area (Å²) in [6, 6.07) is 11.5. The first-order chi connectivity index (χ1) is 16.2. The van der Waals surface area contributed by atoms with Gasteiger partial charge in [0.1, 0.15) is 5.82 Å². The number of nitrogens with one attached hydrogen (secondary N) is 1. The molecule has 0 atom stereocenters. The van der Waals surface area contributed by atoms with Crippen LogP contribution in [-0.2, 0) is 16.0 Å². The molecule has 6 nitrogen and oxygen atoms in total. The number of aromatic nitrogens is 3. The van der Waals surface area contributed by atoms with Crippen LogP contribution in [0.2, 0.25) is 0 Å². The number of halogens is 1. The topological polar surface area (TPSA) is 80.1 Å². The van der Waals surface area contributed by atoms with Crippen LogP contribution in [0.15, 0.2) is 42.6 Å². The summed E-state index contributed by atoms with van der Waals surface area (Å²) in [5.74, 6) is 1.03. The van der Waals surface area contributed by atoms with Crippen molar-refractivity contribution in [3.05, 3.63) is 59.7 Å². The molecule has 1 aliphatic heterocycles. The Morgan fingerprint density at radius 2 is 1.88 bits per heavy atom. The molecule has 1 saturated carbocycles. The first-order valence-electron chi connectivity index (χ1n) is 11.6. The number of ether oxygens (including phenoxy) is 1. The Kier molecular flexibility index (Phi) is 6.13. The fourth-order valence-electron chi connectivity index (χ4n) is 5.28. The van der Waals surface area contributed by atoms with Crippen LogP contribution < -0.4 is 0 Å². The van der Waals surface area contributed by atoms with Gasteiger partial charge >= 0.3 is 0 Å². The van der Waals surface area contributed by atoms with Crippen LogP contribution in [0.4, 0.5) is 4.39 Å². The highest BCUT2D eigenvalue weighted by Gasteiger charge is 2.30. The number of carboxylic acid groups (broad SMARTS) is 1. The lowest BCUT2D eigenvalue weighted by Crippen LogP contribution is -2.20. The van der Waals surface area contributed by atoms with E-state index in [4.69, 9.17) is 14.6 Å². The lowest BCUT2D eigenvalue weighted by Gasteiger charge is -2.29. The molecule has 2 aromatic carbocycles. The Hall–Kier alpha value is -3.19. The molecule has 0 spiro atoms. The summed E-state index contributed by atoms with van der Waals surface area (Å²) in [6.07, 6.45) is 9.07. The van der Waals surface area contributed by atoms with Gasteiger partial charge in [0.25, 0.3) is 6.47 Å². The van der Waals surface area contributed by atoms with Crippen LogP contribution in [0.25, 0.3) is 27.5 Å². The third-order valence-corrected chi connectivity index (χ3v) is 7.08. The zero-order valence-electron chi connectivity index (χ0n) is 18.5. The van der Waals surface area contributed by atoms with Crippen LogP contribution >= 0.6 is 0 Å². The Bertz CT molecular complexity index is 1250. The summed E-state index contributed by atoms with van der Waals surface area (Å²) in [4.78, 5) is 8.36. The van der Waals surface area contributed by atoms with Gasteiger partial charge in [0.2, 0.25) is 0 Å². The number of rotatable bonds is 4. The predicted octanol–water partition coefficient (Wildman–Crippen LogP) is 5.58. The van der Waals surface area contributed by atoms with Crippen molar-refractivity contribution in [3.63, 3.8) is 0 Å². The second-order valence-electron chi connectivity index (χ2n) is 9.00. The highest BCUT2D eigenvalue weighted by molar-refractivity contribution is 5.98. The third-order valence-electron chi connectivity index (χ3n) is 7.08. The van der Waals surface area contributed by atoms with E-state index in [0.29, 0.717) is 5.92 Å². The molecule has 0 unspecified atom stereocenters. The number of hydrogen-bond acceptors (Lipinski definition) is 3. The third kappa shape index (κ3) is 4.13. The summed E-state index contributed by atoms with van der Waals surface area (Å²) in [5, 5.41) is 16.7. The van der Waals surface area contributed by atoms with E-state index in [9.17, 15) is 4.39 Å². The van der Waals surface area contributed by atoms with Crippen molar-refractivity contribution in [3.8, 4) is 5.69 Å². The Labute approximate surface area is 191 Å². The molecule has 2 aliphatic rings. The van der Waals surface area contributed by atoms with Gasteiger partial charge in [0.05, 0.1) is 17.2 Å². The van der Waals surface area contributed by atoms with Crippen LogP contribution in [0.5, 0.6) is 0 Å². The van der Waals surface area contributed by atoms with Crippen molar-refractivity contribution in [2.75, 3.05) is 13.2 Å². The molecule has 33 heavy (non-hydrogen) atoms. The number of carbonyl (C=O) groups is 1. The quantitative estimate of drug-likeness (QED) is 0.399. The van der Waals surface area contributed by atoms with E-state index < -0.39 is 0 Å². The molecule has 1 aliphatic carbocycles. The van der Waals surface area contributed by atoms with Gasteiger partial charge in [-0.1, -0.05) is 19.3 Å². The Morgan fingerprint density at radius 3 is 2.55 bits per heavy atom. The highest BCUT2D eigenvalue weighted by Crippen LogP contribution is 2.42. The van der Waals surface area contributed by atoms with Gasteiger partial charge < -0.3 is 14.4 Å². The van der Waals surface area contributed by atoms with E-state index in [2.05, 4.69) is 26.9 Å². The smallest absolute Gasteiger partial charge is 0.290 e. The maximum absolute atomic E-state index is 13.7. The molecule has 2 fully saturated rings. The highest BCUT2D eigenvalue weighted by atomic mass is 19.1. The maximum Gasteiger partial charge on any atom is 0.290 e. The van der Waals surface area contributed by atoms with E-state index in [-0.39, 0.29) is 12.3 Å². The van der Waals surface area contributed by atoms with E-state index >= 15 is 0 Å². The van der Waals surface area contributed by atoms with Crippen molar-refractivity contribution in [2.45, 2.75) is 44.4 Å². The van der Waals surface area contributed by atoms with Gasteiger partial charge in [-0.25, -0.2) is 4.39 Å². The summed E-state index contributed by atoms with van der Waals surface area (Å²) in [5.41, 5.74) is 6.19. The molecule has 0 radical (unpaired) electrons. The minimum atomic E-state index is -0.250. The van der Waals surface area contributed by atoms with Gasteiger partial charge in [-0.3, -0.25) is 9.89 Å². The Morgan fingerprint density at radius 1 is 1.15 bits per heavy atom. The molecule has 4 aromatic rings. The lowest BCUT2D eigenvalue weighted by molar-refractivity contribution is -0.122. The lowest BCUT2D eigenvalue weighted by atomic mass is 9.79. The average Bonchev–Trinajstić information content (AvgIpc) is 3.38. The number of nitrogens with zero attached hydrogens (tertiary/aromatic N) is 2. The van der Waals surface area contributed by atoms with Crippen molar-refractivity contribution in [1.82, 2.24) is 14.8 Å². The predicted molar refractivity (Wildman–Crippen MR) is 125 cm³/mol. The van der Waals surface area contributed by atoms with E-state index in [1.807, 2.05) is 18.3 Å². The average molecular weight is 450 g/mol. The van der Waals surface area contributed by atoms with Gasteiger partial charge in [0.15, 0.2) is 0 Å². The minimum absolute atomic E-state index is 0.199. The second-order valence-corrected chi connectivity index (χ2v) is 9.00. The zero-order valence-corrected chi connectivity index (χ0v) is 18.5. The number of hydrogen-bond donors (Lipinski definition) is 2. The molecule has 172 valence electrons. The molecule has 2 N–H and O–H groups in total. The second kappa shape index (κ2) is 9.35. The van der Waals surface area contributed by atoms with Gasteiger partial charge in [0, 0.05) is 41.3 Å². The summed E-state index contributed by atoms with van der Waals surface area (Å²) in [6.45, 7) is 1.37. The molecule has 0 bridgehead atoms. The standard InChI is InChI=1S/C25H26FN3O.CH2O2/c26-19-4-6-20(7-5-19)29-24-13-18-15-27-28-23(18)14-21(24)22(12-16-2-1-3-16)25(29)17-8-10-30-11-9-17;2-1-3/h4-7,13-17H,1-3,8-12H2,(H,27,28);1H,(H,2,3). The molecular weight excluding hydrogens is 421 g/mol. The molecule has 0 amide bonds. The molecular formula is C26H28FN3O3. The normalized spacial score (nSPS) is 17.0. The Balaban J connectivity index is 0.000000724.